The summed E-state index contributed by atoms with van der Waals surface area (Å²) in [6, 6.07) is 57.4. The molecule has 7 aliphatic rings. The maximum atomic E-state index is 14.3. The van der Waals surface area contributed by atoms with E-state index in [4.69, 9.17) is 9.47 Å². The third-order valence-corrected chi connectivity index (χ3v) is 19.0. The first kappa shape index (κ1) is 63.1. The number of β-lactam (4-membered cyclic amide) rings is 2. The van der Waals surface area contributed by atoms with Crippen molar-refractivity contribution >= 4 is 35.6 Å². The molecule has 6 aromatic carbocycles. The minimum absolute atomic E-state index is 0. The Morgan fingerprint density at radius 1 is 0.512 bits per heavy atom. The van der Waals surface area contributed by atoms with Gasteiger partial charge in [-0.1, -0.05) is 182 Å². The van der Waals surface area contributed by atoms with Crippen molar-refractivity contribution in [1.82, 2.24) is 30.2 Å². The van der Waals surface area contributed by atoms with Gasteiger partial charge in [-0.05, 0) is 111 Å². The number of rotatable bonds is 12. The number of nitrogens with one attached hydrogen (secondary N) is 2. The Morgan fingerprint density at radius 3 is 1.12 bits per heavy atom. The predicted octanol–water partition coefficient (Wildman–Crippen LogP) is 5.36. The van der Waals surface area contributed by atoms with Crippen molar-refractivity contribution < 1.29 is 67.7 Å². The molecule has 2 spiro atoms. The minimum Gasteiger partial charge on any atom is -0.870 e. The number of piperidine rings is 2. The average Bonchev–Trinajstić information content (AvgIpc) is 0.962. The first-order valence-corrected chi connectivity index (χ1v) is 29.9. The molecule has 6 atom stereocenters. The van der Waals surface area contributed by atoms with E-state index in [1.165, 1.54) is 20.0 Å². The fourth-order valence-electron chi connectivity index (χ4n) is 14.3. The van der Waals surface area contributed by atoms with Gasteiger partial charge in [-0.2, -0.15) is 0 Å². The molecule has 0 bridgehead atoms. The molecule has 0 saturated carbocycles. The first-order chi connectivity index (χ1) is 41.0. The summed E-state index contributed by atoms with van der Waals surface area (Å²) in [6.07, 6.45) is 6.41. The summed E-state index contributed by atoms with van der Waals surface area (Å²) in [7, 11) is 1.38. The third kappa shape index (κ3) is 13.0. The van der Waals surface area contributed by atoms with E-state index in [0.29, 0.717) is 39.0 Å². The molecule has 0 aliphatic carbocycles. The molecule has 0 radical (unpaired) electrons. The molecule has 86 heavy (non-hydrogen) atoms. The molecule has 4 amide bonds. The van der Waals surface area contributed by atoms with E-state index in [1.54, 1.807) is 9.80 Å². The van der Waals surface area contributed by atoms with Crippen molar-refractivity contribution in [3.05, 3.63) is 215 Å². The third-order valence-electron chi connectivity index (χ3n) is 19.0. The number of ether oxygens (including phenoxy) is 2. The van der Waals surface area contributed by atoms with Crippen molar-refractivity contribution in [2.45, 2.75) is 99.5 Å². The van der Waals surface area contributed by atoms with Gasteiger partial charge in [-0.15, -0.1) is 0 Å². The molecule has 13 rings (SSSR count). The molecule has 17 heteroatoms. The van der Waals surface area contributed by atoms with Crippen LogP contribution in [0.2, 0.25) is 0 Å². The summed E-state index contributed by atoms with van der Waals surface area (Å²) in [4.78, 5) is 87.3. The van der Waals surface area contributed by atoms with Crippen LogP contribution in [0.25, 0.3) is 0 Å². The number of carboxylic acids is 1. The Bertz CT molecular complexity index is 3140. The number of aliphatic carboxylic acids is 1. The fourth-order valence-corrected chi connectivity index (χ4v) is 14.3. The zero-order chi connectivity index (χ0) is 58.2. The van der Waals surface area contributed by atoms with E-state index in [1.807, 2.05) is 158 Å². The number of methoxy groups -OCH3 is 1. The fraction of sp³-hybridized carbons (Fsp3) is 0.391. The Balaban J connectivity index is 0.000000186. The molecule has 16 nitrogen and oxygen atoms in total. The van der Waals surface area contributed by atoms with E-state index in [0.717, 1.165) is 85.4 Å². The van der Waals surface area contributed by atoms with Gasteiger partial charge >= 0.3 is 30.8 Å². The number of nitrogens with zero attached hydrogens (tertiary/aromatic N) is 4. The van der Waals surface area contributed by atoms with E-state index in [9.17, 15) is 33.9 Å². The summed E-state index contributed by atoms with van der Waals surface area (Å²) in [5.41, 5.74) is 4.97. The molecule has 4 N–H and O–H groups in total. The summed E-state index contributed by atoms with van der Waals surface area (Å²) >= 11 is 0. The number of carbonyl (C=O) groups excluding carboxylic acids is 5. The van der Waals surface area contributed by atoms with Crippen LogP contribution in [0.3, 0.4) is 0 Å². The molecule has 2 unspecified atom stereocenters. The SMILES string of the molecule is C1CCOC1.COC(=O)[C@@H]1C[C@H](N2CCC3(CC2)C(=O)NC3c2ccccc2)CN1C(=O)C(c1ccccc1)c1ccccc1.O=C(O)[C@@H]1C[C@H](N2CCC3(CC2)C(=O)NC3c2ccccc2)CN1C(=O)C(c1ccccc1)c1ccccc1.[Li+].[OH-]. The topological polar surface area (TPSA) is 208 Å². The molecular weight excluding hydrogens is 1080 g/mol. The van der Waals surface area contributed by atoms with Crippen LogP contribution in [-0.2, 0) is 38.2 Å². The smallest absolute Gasteiger partial charge is 0.870 e. The van der Waals surface area contributed by atoms with Crippen molar-refractivity contribution in [3.8, 4) is 0 Å². The standard InChI is InChI=1S/C33H35N3O4.C32H33N3O4.C4H8O.Li.H2O/c1-40-31(38)27-21-26(35-19-17-33(18-20-35)29(34-32(33)39)25-15-9-4-10-16-25)22-36(27)30(37)28(23-11-5-2-6-12-23)24-13-7-3-8-14-24;36-29(27(22-10-4-1-5-11-22)23-12-6-2-7-13-23)35-21-25(20-26(35)30(37)38)34-18-16-32(17-19-34)28(33-31(32)39)24-14-8-3-9-15-24;1-2-4-5-3-1;;/h2-16,26-29H,17-22H2,1H3,(H,34,39);1-15,25-28H,16-21H2,(H,33,39)(H,37,38);1-4H2;;1H2/q;;;+1;/p-1/t26-,27-,29?;25-,26-,28?;;;/m00.../s1. The number of hydrogen-bond donors (Lipinski definition) is 3. The van der Waals surface area contributed by atoms with Gasteiger partial charge in [-0.3, -0.25) is 29.0 Å². The van der Waals surface area contributed by atoms with Crippen LogP contribution in [-0.4, -0.2) is 150 Å². The largest absolute Gasteiger partial charge is 1.00 e. The summed E-state index contributed by atoms with van der Waals surface area (Å²) in [5, 5.41) is 16.4. The summed E-state index contributed by atoms with van der Waals surface area (Å²) < 4.78 is 10.1. The maximum absolute atomic E-state index is 14.3. The molecule has 444 valence electrons. The van der Waals surface area contributed by atoms with Crippen molar-refractivity contribution in [2.75, 3.05) is 59.6 Å². The quantitative estimate of drug-likeness (QED) is 0.0804. The van der Waals surface area contributed by atoms with Crippen LogP contribution in [0.1, 0.15) is 109 Å². The van der Waals surface area contributed by atoms with Gasteiger partial charge in [0.2, 0.25) is 23.6 Å². The van der Waals surface area contributed by atoms with Crippen LogP contribution in [0.5, 0.6) is 0 Å². The van der Waals surface area contributed by atoms with Crippen molar-refractivity contribution in [3.63, 3.8) is 0 Å². The van der Waals surface area contributed by atoms with E-state index in [-0.39, 0.29) is 83.5 Å². The number of carbonyl (C=O) groups is 6. The minimum atomic E-state index is -0.971. The Kier molecular flexibility index (Phi) is 20.8. The van der Waals surface area contributed by atoms with Crippen LogP contribution < -0.4 is 29.5 Å². The predicted molar refractivity (Wildman–Crippen MR) is 320 cm³/mol. The number of benzene rings is 6. The van der Waals surface area contributed by atoms with Gasteiger partial charge in [0.15, 0.2) is 0 Å². The van der Waals surface area contributed by atoms with E-state index >= 15 is 0 Å². The van der Waals surface area contributed by atoms with Crippen LogP contribution in [0, 0.1) is 10.8 Å². The monoisotopic (exact) mass is 1160 g/mol. The molecule has 7 heterocycles. The second kappa shape index (κ2) is 28.4. The average molecular weight is 1160 g/mol. The maximum Gasteiger partial charge on any atom is 1.00 e. The summed E-state index contributed by atoms with van der Waals surface area (Å²) in [6.45, 7) is 5.73. The van der Waals surface area contributed by atoms with Gasteiger partial charge in [0.1, 0.15) is 12.1 Å². The summed E-state index contributed by atoms with van der Waals surface area (Å²) in [5.74, 6) is -2.47. The molecule has 7 fully saturated rings. The Hall–Kier alpha value is -7.42. The zero-order valence-corrected chi connectivity index (χ0v) is 49.2. The molecule has 7 saturated heterocycles. The van der Waals surface area contributed by atoms with E-state index < -0.39 is 35.3 Å². The molecule has 7 aliphatic heterocycles. The van der Waals surface area contributed by atoms with Crippen LogP contribution in [0.15, 0.2) is 182 Å². The molecular formula is C69H77LiN6O10. The van der Waals surface area contributed by atoms with Crippen molar-refractivity contribution in [1.29, 1.82) is 0 Å². The van der Waals surface area contributed by atoms with Gasteiger partial charge in [0.05, 0.1) is 41.9 Å². The van der Waals surface area contributed by atoms with Gasteiger partial charge in [0, 0.05) is 38.4 Å². The van der Waals surface area contributed by atoms with Crippen LogP contribution in [0.4, 0.5) is 0 Å². The number of amides is 4. The van der Waals surface area contributed by atoms with Gasteiger partial charge in [0.25, 0.3) is 0 Å². The number of hydrogen-bond acceptors (Lipinski definition) is 11. The second-order valence-corrected chi connectivity index (χ2v) is 23.5. The molecule has 0 aromatic heterocycles. The Morgan fingerprint density at radius 2 is 0.826 bits per heavy atom. The second-order valence-electron chi connectivity index (χ2n) is 23.5. The number of likely N-dealkylation sites (tertiary alicyclic amines) is 4. The van der Waals surface area contributed by atoms with Crippen molar-refractivity contribution in [2.24, 2.45) is 10.8 Å². The Labute approximate surface area is 516 Å². The van der Waals surface area contributed by atoms with Gasteiger partial charge in [-0.25, -0.2) is 9.59 Å². The van der Waals surface area contributed by atoms with Gasteiger partial charge < -0.3 is 40.5 Å². The number of esters is 1. The van der Waals surface area contributed by atoms with Crippen LogP contribution >= 0.6 is 0 Å². The normalized spacial score (nSPS) is 23.6. The zero-order valence-electron chi connectivity index (χ0n) is 49.2. The number of carboxylic acid groups (broad SMARTS) is 1. The molecule has 6 aromatic rings. The first-order valence-electron chi connectivity index (χ1n) is 29.9. The van der Waals surface area contributed by atoms with E-state index in [2.05, 4.69) is 44.7 Å².